The number of methoxy groups -OCH3 is 1. The van der Waals surface area contributed by atoms with Crippen molar-refractivity contribution in [1.82, 2.24) is 5.06 Å². The van der Waals surface area contributed by atoms with Crippen molar-refractivity contribution in [3.8, 4) is 5.75 Å². The molecule has 1 aromatic carbocycles. The summed E-state index contributed by atoms with van der Waals surface area (Å²) in [5.74, 6) is 3.35. The first-order valence-electron chi connectivity index (χ1n) is 16.2. The van der Waals surface area contributed by atoms with Crippen LogP contribution in [-0.4, -0.2) is 40.4 Å². The van der Waals surface area contributed by atoms with Gasteiger partial charge in [-0.2, -0.15) is 0 Å². The van der Waals surface area contributed by atoms with E-state index in [1.54, 1.807) is 12.2 Å². The minimum Gasteiger partial charge on any atom is -0.496 e. The number of carbonyl (C=O) groups excluding carboxylic acids is 1. The summed E-state index contributed by atoms with van der Waals surface area (Å²) in [6.45, 7) is 14.2. The first-order chi connectivity index (χ1) is 19.4. The first-order valence-corrected chi connectivity index (χ1v) is 16.2. The predicted octanol–water partition coefficient (Wildman–Crippen LogP) is 7.61. The van der Waals surface area contributed by atoms with Gasteiger partial charge in [0.05, 0.1) is 24.3 Å². The molecule has 3 saturated carbocycles. The van der Waals surface area contributed by atoms with E-state index in [0.29, 0.717) is 53.2 Å². The van der Waals surface area contributed by atoms with E-state index in [9.17, 15) is 9.90 Å². The van der Waals surface area contributed by atoms with E-state index in [0.717, 1.165) is 25.7 Å². The number of aliphatic hydroxyl groups excluding tert-OH is 1. The Kier molecular flexibility index (Phi) is 7.05. The normalized spacial score (nSPS) is 42.6. The molecule has 0 radical (unpaired) electrons. The zero-order valence-corrected chi connectivity index (χ0v) is 26.2. The van der Waals surface area contributed by atoms with Crippen LogP contribution >= 0.6 is 0 Å². The highest BCUT2D eigenvalue weighted by Crippen LogP contribution is 2.73. The number of allylic oxidation sites excluding steroid dienone is 2. The quantitative estimate of drug-likeness (QED) is 0.363. The number of aliphatic hydroxyl groups is 1. The van der Waals surface area contributed by atoms with Crippen molar-refractivity contribution in [2.45, 2.75) is 104 Å². The van der Waals surface area contributed by atoms with Crippen LogP contribution in [0.2, 0.25) is 0 Å². The van der Waals surface area contributed by atoms with Gasteiger partial charge in [-0.1, -0.05) is 78.0 Å². The smallest absolute Gasteiger partial charge is 0.282 e. The lowest BCUT2D eigenvalue weighted by atomic mass is 9.41. The van der Waals surface area contributed by atoms with Crippen LogP contribution in [0.25, 0.3) is 0 Å². The van der Waals surface area contributed by atoms with Crippen LogP contribution in [0.4, 0.5) is 0 Å². The van der Waals surface area contributed by atoms with Gasteiger partial charge in [-0.05, 0) is 79.7 Å². The molecule has 0 aromatic heterocycles. The molecular weight excluding hydrogens is 510 g/mol. The molecule has 1 N–H and O–H groups in total. The van der Waals surface area contributed by atoms with Crippen molar-refractivity contribution in [2.75, 3.05) is 7.11 Å². The Morgan fingerprint density at radius 1 is 1.02 bits per heavy atom. The third-order valence-electron chi connectivity index (χ3n) is 12.9. The number of amides is 1. The van der Waals surface area contributed by atoms with E-state index in [4.69, 9.17) is 9.57 Å². The number of hydrogen-bond donors (Lipinski definition) is 1. The summed E-state index contributed by atoms with van der Waals surface area (Å²) in [5, 5.41) is 12.7. The number of rotatable bonds is 6. The van der Waals surface area contributed by atoms with Crippen LogP contribution < -0.4 is 4.74 Å². The molecule has 5 nitrogen and oxygen atoms in total. The number of benzene rings is 1. The van der Waals surface area contributed by atoms with Crippen LogP contribution in [-0.2, 0) is 4.84 Å². The van der Waals surface area contributed by atoms with Gasteiger partial charge in [0.25, 0.3) is 5.91 Å². The Morgan fingerprint density at radius 3 is 2.51 bits per heavy atom. The first kappa shape index (κ1) is 29.0. The molecule has 2 spiro atoms. The van der Waals surface area contributed by atoms with Crippen molar-refractivity contribution in [1.29, 1.82) is 0 Å². The monoisotopic (exact) mass is 561 g/mol. The summed E-state index contributed by atoms with van der Waals surface area (Å²) < 4.78 is 5.63. The van der Waals surface area contributed by atoms with Gasteiger partial charge in [-0.15, -0.1) is 0 Å². The second-order valence-electron chi connectivity index (χ2n) is 15.0. The lowest BCUT2D eigenvalue weighted by Crippen LogP contribution is -2.79. The molecule has 4 fully saturated rings. The third-order valence-corrected chi connectivity index (χ3v) is 12.9. The molecule has 4 aliphatic carbocycles. The molecule has 2 heterocycles. The third kappa shape index (κ3) is 3.97. The highest BCUT2D eigenvalue weighted by Gasteiger charge is 2.76. The van der Waals surface area contributed by atoms with Gasteiger partial charge in [0, 0.05) is 23.7 Å². The number of hydroxylamine groups is 2. The summed E-state index contributed by atoms with van der Waals surface area (Å²) in [6.07, 6.45) is 15.9. The second kappa shape index (κ2) is 9.98. The van der Waals surface area contributed by atoms with Crippen LogP contribution in [0, 0.1) is 46.3 Å². The Hall–Kier alpha value is -2.11. The fraction of sp³-hybridized carbons (Fsp3) is 0.694. The minimum absolute atomic E-state index is 0.132. The van der Waals surface area contributed by atoms with Crippen LogP contribution in [0.3, 0.4) is 0 Å². The maximum absolute atomic E-state index is 14.5. The van der Waals surface area contributed by atoms with Crippen molar-refractivity contribution in [3.63, 3.8) is 0 Å². The summed E-state index contributed by atoms with van der Waals surface area (Å²) in [4.78, 5) is 21.7. The van der Waals surface area contributed by atoms with E-state index in [2.05, 4.69) is 65.8 Å². The average molecular weight is 562 g/mol. The SMILES string of the molecule is COc1ccccc1C(=O)N1O[C@]23C=C[C@]14C[C@@H](O)CC[C@]4(C)C2CC[C@]1(C)[C@@H]([C@H](C)/C=C/[C@H](C)C(C)C)CC[C@H]13. The van der Waals surface area contributed by atoms with Gasteiger partial charge < -0.3 is 9.84 Å². The topological polar surface area (TPSA) is 59.0 Å². The van der Waals surface area contributed by atoms with Gasteiger partial charge in [-0.3, -0.25) is 9.63 Å². The average Bonchev–Trinajstić information content (AvgIpc) is 3.33. The zero-order valence-electron chi connectivity index (χ0n) is 26.2. The van der Waals surface area contributed by atoms with Crippen LogP contribution in [0.15, 0.2) is 48.6 Å². The van der Waals surface area contributed by atoms with E-state index in [1.165, 1.54) is 12.8 Å². The number of carbonyl (C=O) groups is 1. The Morgan fingerprint density at radius 2 is 1.78 bits per heavy atom. The fourth-order valence-electron chi connectivity index (χ4n) is 10.2. The standard InChI is InChI=1S/C36H51NO4/c1-23(2)24(3)12-13-25(4)28-14-15-30-33(28,5)18-17-31-34(6)19-16-26(38)22-35(34)20-21-36(30,31)41-37(35)32(39)27-10-8-9-11-29(27)40-7/h8-13,20-21,23-26,28,30-31,38H,14-19,22H2,1-7H3/b13-12+/t24-,25+,26-,28+,30+,31?,33+,34+,35+,36-/m0/s1. The molecule has 224 valence electrons. The summed E-state index contributed by atoms with van der Waals surface area (Å²) >= 11 is 0. The maximum Gasteiger partial charge on any atom is 0.282 e. The largest absolute Gasteiger partial charge is 0.496 e. The van der Waals surface area contributed by atoms with E-state index in [-0.39, 0.29) is 16.7 Å². The summed E-state index contributed by atoms with van der Waals surface area (Å²) in [5.41, 5.74) is -0.723. The number of ether oxygens (including phenoxy) is 1. The molecule has 7 rings (SSSR count). The van der Waals surface area contributed by atoms with Gasteiger partial charge in [0.15, 0.2) is 0 Å². The summed E-state index contributed by atoms with van der Waals surface area (Å²) in [6, 6.07) is 7.45. The summed E-state index contributed by atoms with van der Waals surface area (Å²) in [7, 11) is 1.61. The molecule has 1 amide bonds. The molecular formula is C36H51NO4. The molecule has 1 saturated heterocycles. The maximum atomic E-state index is 14.5. The van der Waals surface area contributed by atoms with Crippen LogP contribution in [0.5, 0.6) is 5.75 Å². The number of hydrogen-bond acceptors (Lipinski definition) is 4. The molecule has 10 atom stereocenters. The van der Waals surface area contributed by atoms with Crippen LogP contribution in [0.1, 0.15) is 96.8 Å². The molecule has 2 aliphatic heterocycles. The van der Waals surface area contributed by atoms with Gasteiger partial charge >= 0.3 is 0 Å². The molecule has 6 aliphatic rings. The van der Waals surface area contributed by atoms with Gasteiger partial charge in [0.2, 0.25) is 0 Å². The van der Waals surface area contributed by atoms with E-state index >= 15 is 0 Å². The lowest BCUT2D eigenvalue weighted by Gasteiger charge is -2.73. The predicted molar refractivity (Wildman–Crippen MR) is 162 cm³/mol. The molecule has 5 heteroatoms. The zero-order chi connectivity index (χ0) is 29.4. The minimum atomic E-state index is -0.677. The highest BCUT2D eigenvalue weighted by molar-refractivity contribution is 5.97. The molecule has 41 heavy (non-hydrogen) atoms. The fourth-order valence-corrected chi connectivity index (χ4v) is 10.2. The van der Waals surface area contributed by atoms with Crippen molar-refractivity contribution < 1.29 is 19.5 Å². The number of fused-ring (bicyclic) bond motifs is 2. The Bertz CT molecular complexity index is 1240. The second-order valence-corrected chi connectivity index (χ2v) is 15.0. The lowest BCUT2D eigenvalue weighted by molar-refractivity contribution is -0.380. The highest BCUT2D eigenvalue weighted by atomic mass is 16.7. The Balaban J connectivity index is 1.41. The van der Waals surface area contributed by atoms with E-state index < -0.39 is 17.2 Å². The Labute approximate surface area is 247 Å². The number of nitrogens with zero attached hydrogens (tertiary/aromatic N) is 1. The van der Waals surface area contributed by atoms with E-state index in [1.807, 2.05) is 24.3 Å². The molecule has 2 bridgehead atoms. The number of para-hydroxylation sites is 1. The van der Waals surface area contributed by atoms with Crippen molar-refractivity contribution in [3.05, 3.63) is 54.1 Å². The molecule has 1 unspecified atom stereocenters. The van der Waals surface area contributed by atoms with Crippen molar-refractivity contribution >= 4 is 5.91 Å². The molecule has 1 aromatic rings. The van der Waals surface area contributed by atoms with Gasteiger partial charge in [0.1, 0.15) is 11.4 Å². The van der Waals surface area contributed by atoms with Crippen molar-refractivity contribution in [2.24, 2.45) is 46.3 Å². The van der Waals surface area contributed by atoms with Gasteiger partial charge in [-0.25, -0.2) is 5.06 Å².